The summed E-state index contributed by atoms with van der Waals surface area (Å²) in [5, 5.41) is 3.03. The number of anilines is 1. The molecule has 1 N–H and O–H groups in total. The molecule has 4 fully saturated rings. The van der Waals surface area contributed by atoms with Crippen LogP contribution in [0.1, 0.15) is 55.8 Å². The second-order valence-electron chi connectivity index (χ2n) is 9.29. The van der Waals surface area contributed by atoms with Crippen molar-refractivity contribution in [3.05, 3.63) is 65.7 Å². The summed E-state index contributed by atoms with van der Waals surface area (Å²) < 4.78 is 5.45. The summed E-state index contributed by atoms with van der Waals surface area (Å²) in [4.78, 5) is 12.7. The van der Waals surface area contributed by atoms with Gasteiger partial charge in [-0.1, -0.05) is 42.5 Å². The Labute approximate surface area is 167 Å². The van der Waals surface area contributed by atoms with Gasteiger partial charge >= 0.3 is 0 Å². The minimum atomic E-state index is -0.593. The monoisotopic (exact) mass is 375 g/mol. The van der Waals surface area contributed by atoms with Crippen molar-refractivity contribution in [2.24, 2.45) is 17.8 Å². The van der Waals surface area contributed by atoms with E-state index in [9.17, 15) is 4.79 Å². The van der Waals surface area contributed by atoms with E-state index in [1.807, 2.05) is 30.3 Å². The molecule has 3 nitrogen and oxygen atoms in total. The second-order valence-corrected chi connectivity index (χ2v) is 9.29. The van der Waals surface area contributed by atoms with Crippen LogP contribution in [0.3, 0.4) is 0 Å². The van der Waals surface area contributed by atoms with Crippen LogP contribution in [-0.2, 0) is 14.9 Å². The molecule has 3 heteroatoms. The molecule has 2 aromatic rings. The molecule has 4 aliphatic carbocycles. The van der Waals surface area contributed by atoms with Crippen LogP contribution in [0.15, 0.2) is 54.6 Å². The highest BCUT2D eigenvalue weighted by Crippen LogP contribution is 2.60. The van der Waals surface area contributed by atoms with E-state index >= 15 is 0 Å². The molecule has 146 valence electrons. The maximum absolute atomic E-state index is 12.7. The van der Waals surface area contributed by atoms with Gasteiger partial charge in [0, 0.05) is 12.8 Å². The normalized spacial score (nSPS) is 31.5. The zero-order valence-electron chi connectivity index (χ0n) is 16.6. The van der Waals surface area contributed by atoms with Crippen LogP contribution in [-0.4, -0.2) is 13.0 Å². The van der Waals surface area contributed by atoms with Crippen molar-refractivity contribution in [3.63, 3.8) is 0 Å². The van der Waals surface area contributed by atoms with Crippen molar-refractivity contribution in [2.45, 2.75) is 50.0 Å². The van der Waals surface area contributed by atoms with Gasteiger partial charge in [0.05, 0.1) is 0 Å². The first-order chi connectivity index (χ1) is 13.6. The molecule has 0 aromatic heterocycles. The van der Waals surface area contributed by atoms with Gasteiger partial charge in [0.2, 0.25) is 0 Å². The lowest BCUT2D eigenvalue weighted by Crippen LogP contribution is -2.48. The molecule has 0 unspecified atom stereocenters. The smallest absolute Gasteiger partial charge is 0.258 e. The largest absolute Gasteiger partial charge is 0.367 e. The topological polar surface area (TPSA) is 38.3 Å². The molecular weight excluding hydrogens is 346 g/mol. The van der Waals surface area contributed by atoms with Gasteiger partial charge in [0.1, 0.15) is 0 Å². The highest BCUT2D eigenvalue weighted by Gasteiger charge is 2.51. The standard InChI is InChI=1S/C25H29NO2/c1-28-23(20-5-3-2-4-6-20)24(27)26-22-9-7-21(8-10-22)25-14-17-11-18(15-25)13-19(12-17)16-25/h2-10,17-19,23H,11-16H2,1H3,(H,26,27)/t17?,18?,19?,23-,25?/m0/s1. The number of rotatable bonds is 5. The van der Waals surface area contributed by atoms with Crippen LogP contribution >= 0.6 is 0 Å². The van der Waals surface area contributed by atoms with Gasteiger partial charge in [-0.2, -0.15) is 0 Å². The fourth-order valence-corrected chi connectivity index (χ4v) is 6.60. The maximum atomic E-state index is 12.7. The summed E-state index contributed by atoms with van der Waals surface area (Å²) in [5.74, 6) is 2.70. The third-order valence-corrected chi connectivity index (χ3v) is 7.38. The van der Waals surface area contributed by atoms with Crippen molar-refractivity contribution in [3.8, 4) is 0 Å². The number of nitrogens with one attached hydrogen (secondary N) is 1. The summed E-state index contributed by atoms with van der Waals surface area (Å²) >= 11 is 0. The van der Waals surface area contributed by atoms with E-state index in [2.05, 4.69) is 29.6 Å². The SMILES string of the molecule is CO[C@H](C(=O)Nc1ccc(C23CC4CC(CC(C4)C2)C3)cc1)c1ccccc1. The van der Waals surface area contributed by atoms with Crippen LogP contribution in [0.5, 0.6) is 0 Å². The van der Waals surface area contributed by atoms with Crippen LogP contribution in [0.25, 0.3) is 0 Å². The highest BCUT2D eigenvalue weighted by atomic mass is 16.5. The van der Waals surface area contributed by atoms with Gasteiger partial charge < -0.3 is 10.1 Å². The van der Waals surface area contributed by atoms with E-state index in [0.717, 1.165) is 29.0 Å². The van der Waals surface area contributed by atoms with E-state index in [1.165, 1.54) is 44.1 Å². The molecule has 4 aliphatic rings. The summed E-state index contributed by atoms with van der Waals surface area (Å²) in [7, 11) is 1.58. The van der Waals surface area contributed by atoms with Gasteiger partial charge in [0.25, 0.3) is 5.91 Å². The van der Waals surface area contributed by atoms with Crippen molar-refractivity contribution >= 4 is 11.6 Å². The van der Waals surface area contributed by atoms with Crippen molar-refractivity contribution in [1.29, 1.82) is 0 Å². The van der Waals surface area contributed by atoms with Crippen molar-refractivity contribution < 1.29 is 9.53 Å². The fourth-order valence-electron chi connectivity index (χ4n) is 6.60. The number of methoxy groups -OCH3 is 1. The van der Waals surface area contributed by atoms with Crippen molar-refractivity contribution in [1.82, 2.24) is 0 Å². The zero-order valence-corrected chi connectivity index (χ0v) is 16.6. The van der Waals surface area contributed by atoms with Crippen LogP contribution in [0.2, 0.25) is 0 Å². The van der Waals surface area contributed by atoms with E-state index in [-0.39, 0.29) is 5.91 Å². The Balaban J connectivity index is 1.31. The van der Waals surface area contributed by atoms with Crippen LogP contribution in [0, 0.1) is 17.8 Å². The maximum Gasteiger partial charge on any atom is 0.258 e. The summed E-state index contributed by atoms with van der Waals surface area (Å²) in [6.45, 7) is 0. The lowest BCUT2D eigenvalue weighted by molar-refractivity contribution is -0.126. The molecule has 0 aliphatic heterocycles. The molecule has 1 atom stereocenters. The predicted molar refractivity (Wildman–Crippen MR) is 111 cm³/mol. The molecule has 0 saturated heterocycles. The van der Waals surface area contributed by atoms with E-state index in [0.29, 0.717) is 5.41 Å². The highest BCUT2D eigenvalue weighted by molar-refractivity contribution is 5.94. The first-order valence-electron chi connectivity index (χ1n) is 10.6. The molecule has 4 bridgehead atoms. The molecule has 1 amide bonds. The Kier molecular flexibility index (Phi) is 4.51. The minimum absolute atomic E-state index is 0.128. The van der Waals surface area contributed by atoms with Crippen LogP contribution < -0.4 is 5.32 Å². The molecule has 0 spiro atoms. The molecule has 6 rings (SSSR count). The molecule has 0 radical (unpaired) electrons. The first-order valence-corrected chi connectivity index (χ1v) is 10.6. The zero-order chi connectivity index (χ0) is 19.1. The van der Waals surface area contributed by atoms with E-state index in [1.54, 1.807) is 7.11 Å². The Morgan fingerprint density at radius 2 is 1.50 bits per heavy atom. The quantitative estimate of drug-likeness (QED) is 0.751. The Bertz CT molecular complexity index is 807. The Hall–Kier alpha value is -2.13. The molecule has 28 heavy (non-hydrogen) atoms. The summed E-state index contributed by atoms with van der Waals surface area (Å²) in [6, 6.07) is 18.3. The van der Waals surface area contributed by atoms with Crippen LogP contribution in [0.4, 0.5) is 5.69 Å². The fraction of sp³-hybridized carbons (Fsp3) is 0.480. The second kappa shape index (κ2) is 7.04. The van der Waals surface area contributed by atoms with Gasteiger partial charge in [-0.3, -0.25) is 4.79 Å². The number of ether oxygens (including phenoxy) is 1. The van der Waals surface area contributed by atoms with Gasteiger partial charge in [-0.15, -0.1) is 0 Å². The Morgan fingerprint density at radius 3 is 2.04 bits per heavy atom. The lowest BCUT2D eigenvalue weighted by atomic mass is 9.48. The van der Waals surface area contributed by atoms with E-state index < -0.39 is 6.10 Å². The average Bonchev–Trinajstić information content (AvgIpc) is 2.69. The molecule has 4 saturated carbocycles. The van der Waals surface area contributed by atoms with Gasteiger partial charge in [0.15, 0.2) is 6.10 Å². The van der Waals surface area contributed by atoms with Gasteiger partial charge in [-0.05, 0) is 85.0 Å². The number of benzene rings is 2. The average molecular weight is 376 g/mol. The number of amides is 1. The number of carbonyl (C=O) groups excluding carboxylic acids is 1. The molecule has 0 heterocycles. The predicted octanol–water partition coefficient (Wildman–Crippen LogP) is 5.48. The first kappa shape index (κ1) is 17.9. The van der Waals surface area contributed by atoms with Gasteiger partial charge in [-0.25, -0.2) is 0 Å². The van der Waals surface area contributed by atoms with E-state index in [4.69, 9.17) is 4.74 Å². The lowest BCUT2D eigenvalue weighted by Gasteiger charge is -2.57. The number of hydrogen-bond acceptors (Lipinski definition) is 2. The molecule has 2 aromatic carbocycles. The number of hydrogen-bond donors (Lipinski definition) is 1. The summed E-state index contributed by atoms with van der Waals surface area (Å²) in [5.41, 5.74) is 3.59. The molecular formula is C25H29NO2. The Morgan fingerprint density at radius 1 is 0.929 bits per heavy atom. The minimum Gasteiger partial charge on any atom is -0.367 e. The third kappa shape index (κ3) is 3.16. The third-order valence-electron chi connectivity index (χ3n) is 7.38. The van der Waals surface area contributed by atoms with Crippen molar-refractivity contribution in [2.75, 3.05) is 12.4 Å². The number of carbonyl (C=O) groups is 1. The summed E-state index contributed by atoms with van der Waals surface area (Å²) in [6.07, 6.45) is 7.89.